The first-order valence-electron chi connectivity index (χ1n) is 12.7. The van der Waals surface area contributed by atoms with Crippen molar-refractivity contribution < 1.29 is 14.3 Å². The number of ether oxygens (including phenoxy) is 1. The quantitative estimate of drug-likeness (QED) is 0.388. The minimum Gasteiger partial charge on any atom is -0.437 e. The molecule has 1 fully saturated rings. The number of aromatic nitrogens is 1. The fourth-order valence-corrected chi connectivity index (χ4v) is 3.25. The lowest BCUT2D eigenvalue weighted by molar-refractivity contribution is -0.118. The maximum Gasteiger partial charge on any atom is 0.237 e. The number of allylic oxidation sites excluding steroid dienone is 4. The molecule has 0 bridgehead atoms. The van der Waals surface area contributed by atoms with Gasteiger partial charge in [0.05, 0.1) is 0 Å². The maximum atomic E-state index is 12.3. The van der Waals surface area contributed by atoms with Crippen LogP contribution in [0.25, 0.3) is 5.57 Å². The van der Waals surface area contributed by atoms with Gasteiger partial charge < -0.3 is 21.1 Å². The molecule has 0 unspecified atom stereocenters. The molecule has 0 radical (unpaired) electrons. The van der Waals surface area contributed by atoms with E-state index in [0.717, 1.165) is 61.8 Å². The second kappa shape index (κ2) is 16.8. The Kier molecular flexibility index (Phi) is 14.5. The van der Waals surface area contributed by atoms with Crippen LogP contribution in [0.3, 0.4) is 0 Å². The molecule has 7 heteroatoms. The van der Waals surface area contributed by atoms with Gasteiger partial charge in [-0.15, -0.1) is 0 Å². The first kappa shape index (κ1) is 30.3. The van der Waals surface area contributed by atoms with Gasteiger partial charge in [-0.25, -0.2) is 0 Å². The number of ketones is 2. The summed E-state index contributed by atoms with van der Waals surface area (Å²) in [5, 5.41) is 6.44. The summed E-state index contributed by atoms with van der Waals surface area (Å²) >= 11 is 0. The number of hydrogen-bond acceptors (Lipinski definition) is 7. The lowest BCUT2D eigenvalue weighted by Crippen LogP contribution is -2.39. The zero-order chi connectivity index (χ0) is 26.2. The van der Waals surface area contributed by atoms with Crippen LogP contribution in [0, 0.1) is 12.8 Å². The van der Waals surface area contributed by atoms with E-state index in [2.05, 4.69) is 43.3 Å². The van der Waals surface area contributed by atoms with Gasteiger partial charge in [0.1, 0.15) is 5.57 Å². The van der Waals surface area contributed by atoms with Crippen molar-refractivity contribution >= 4 is 17.1 Å². The summed E-state index contributed by atoms with van der Waals surface area (Å²) < 4.78 is 5.31. The molecule has 2 aliphatic heterocycles. The molecule has 2 aliphatic rings. The van der Waals surface area contributed by atoms with Gasteiger partial charge in [0.25, 0.3) is 0 Å². The highest BCUT2D eigenvalue weighted by Gasteiger charge is 2.32. The van der Waals surface area contributed by atoms with Crippen LogP contribution in [0.15, 0.2) is 47.7 Å². The number of carbonyl (C=O) groups excluding carboxylic acids is 2. The van der Waals surface area contributed by atoms with Crippen LogP contribution in [0.4, 0.5) is 0 Å². The normalized spacial score (nSPS) is 16.9. The van der Waals surface area contributed by atoms with Gasteiger partial charge in [0, 0.05) is 43.6 Å². The fourth-order valence-electron chi connectivity index (χ4n) is 3.25. The molecule has 35 heavy (non-hydrogen) atoms. The highest BCUT2D eigenvalue weighted by molar-refractivity contribution is 6.27. The third-order valence-corrected chi connectivity index (χ3v) is 5.88. The average Bonchev–Trinajstić information content (AvgIpc) is 3.16. The number of unbranched alkanes of at least 4 members (excludes halogenated alkanes) is 1. The van der Waals surface area contributed by atoms with E-state index in [0.29, 0.717) is 0 Å². The van der Waals surface area contributed by atoms with E-state index in [1.807, 2.05) is 25.1 Å². The van der Waals surface area contributed by atoms with E-state index in [1.54, 1.807) is 12.3 Å². The molecule has 0 aromatic carbocycles. The number of piperazine rings is 1. The van der Waals surface area contributed by atoms with Crippen LogP contribution in [-0.2, 0) is 14.3 Å². The standard InChI is InChI=1S/C18H20N2O3.C6H14.C4H10N2/c1-4-5-7-13(14-8-6-9-20-11(14)2)10-15-17(22)16(12(3)21)18(19)23-15;1-4-6(3)5-2;1-2-6-4-3-5-1/h6-10H,4-5,19H2,1-3H3;6H,4-5H2,1-3H3;5-6H,1-4H2/b13-7-,15-10-;;. The molecule has 3 rings (SSSR count). The number of aryl methyl sites for hydroxylation is 1. The van der Waals surface area contributed by atoms with E-state index >= 15 is 0 Å². The molecule has 0 spiro atoms. The number of pyridine rings is 1. The van der Waals surface area contributed by atoms with E-state index in [1.165, 1.54) is 19.8 Å². The SMILES string of the molecule is C1CNCCN1.CCC(C)CC.CCC/C=C(/C=C1\OC(N)=C(C(C)=O)C1=O)c1cccnc1C. The van der Waals surface area contributed by atoms with Crippen LogP contribution in [0.2, 0.25) is 0 Å². The number of nitrogens with one attached hydrogen (secondary N) is 2. The van der Waals surface area contributed by atoms with E-state index in [9.17, 15) is 9.59 Å². The largest absolute Gasteiger partial charge is 0.437 e. The van der Waals surface area contributed by atoms with Gasteiger partial charge in [0.15, 0.2) is 11.5 Å². The van der Waals surface area contributed by atoms with Crippen molar-refractivity contribution in [2.24, 2.45) is 11.7 Å². The summed E-state index contributed by atoms with van der Waals surface area (Å²) in [6.07, 6.45) is 9.85. The molecule has 1 aromatic heterocycles. The zero-order valence-electron chi connectivity index (χ0n) is 22.4. The van der Waals surface area contributed by atoms with Gasteiger partial charge in [-0.2, -0.15) is 0 Å². The Morgan fingerprint density at radius 1 is 1.17 bits per heavy atom. The second-order valence-corrected chi connectivity index (χ2v) is 8.74. The van der Waals surface area contributed by atoms with Crippen LogP contribution in [0.1, 0.15) is 71.6 Å². The van der Waals surface area contributed by atoms with Gasteiger partial charge in [0.2, 0.25) is 11.7 Å². The molecule has 3 heterocycles. The second-order valence-electron chi connectivity index (χ2n) is 8.74. The summed E-state index contributed by atoms with van der Waals surface area (Å²) in [7, 11) is 0. The van der Waals surface area contributed by atoms with Crippen molar-refractivity contribution in [2.75, 3.05) is 26.2 Å². The molecule has 194 valence electrons. The summed E-state index contributed by atoms with van der Waals surface area (Å²) in [6, 6.07) is 3.77. The Morgan fingerprint density at radius 2 is 1.77 bits per heavy atom. The number of rotatable bonds is 7. The highest BCUT2D eigenvalue weighted by Crippen LogP contribution is 2.27. The van der Waals surface area contributed by atoms with Gasteiger partial charge >= 0.3 is 0 Å². The summed E-state index contributed by atoms with van der Waals surface area (Å²) in [4.78, 5) is 28.1. The Bertz CT molecular complexity index is 899. The lowest BCUT2D eigenvalue weighted by Gasteiger charge is -2.11. The number of Topliss-reactive ketones (excluding diaryl/α,β-unsaturated/α-hetero) is 2. The van der Waals surface area contributed by atoms with Crippen molar-refractivity contribution in [1.82, 2.24) is 15.6 Å². The molecule has 0 aliphatic carbocycles. The lowest BCUT2D eigenvalue weighted by atomic mass is 10.0. The monoisotopic (exact) mass is 484 g/mol. The predicted octanol–water partition coefficient (Wildman–Crippen LogP) is 4.44. The predicted molar refractivity (Wildman–Crippen MR) is 143 cm³/mol. The van der Waals surface area contributed by atoms with Crippen molar-refractivity contribution in [1.29, 1.82) is 0 Å². The summed E-state index contributed by atoms with van der Waals surface area (Å²) in [5.74, 6) is 0.00120. The summed E-state index contributed by atoms with van der Waals surface area (Å²) in [5.41, 5.74) is 8.16. The van der Waals surface area contributed by atoms with Crippen molar-refractivity contribution in [3.63, 3.8) is 0 Å². The fraction of sp³-hybridized carbons (Fsp3) is 0.536. The van der Waals surface area contributed by atoms with Crippen LogP contribution < -0.4 is 16.4 Å². The van der Waals surface area contributed by atoms with Gasteiger partial charge in [-0.1, -0.05) is 59.1 Å². The Labute approximate surface area is 211 Å². The maximum absolute atomic E-state index is 12.3. The molecular weight excluding hydrogens is 440 g/mol. The van der Waals surface area contributed by atoms with Crippen molar-refractivity contribution in [3.05, 3.63) is 59.0 Å². The molecule has 1 saturated heterocycles. The molecule has 0 saturated carbocycles. The van der Waals surface area contributed by atoms with Crippen LogP contribution >= 0.6 is 0 Å². The molecule has 7 nitrogen and oxygen atoms in total. The Hall–Kier alpha value is -2.77. The number of carbonyl (C=O) groups is 2. The minimum atomic E-state index is -0.473. The van der Waals surface area contributed by atoms with E-state index in [-0.39, 0.29) is 17.2 Å². The van der Waals surface area contributed by atoms with Gasteiger partial charge in [-0.05, 0) is 43.9 Å². The van der Waals surface area contributed by atoms with E-state index in [4.69, 9.17) is 10.5 Å². The first-order chi connectivity index (χ1) is 16.8. The summed E-state index contributed by atoms with van der Waals surface area (Å²) in [6.45, 7) is 16.6. The molecule has 0 atom stereocenters. The van der Waals surface area contributed by atoms with Crippen LogP contribution in [-0.4, -0.2) is 42.7 Å². The smallest absolute Gasteiger partial charge is 0.237 e. The van der Waals surface area contributed by atoms with Crippen molar-refractivity contribution in [3.8, 4) is 0 Å². The first-order valence-corrected chi connectivity index (χ1v) is 12.7. The topological polar surface area (TPSA) is 106 Å². The Balaban J connectivity index is 0.000000416. The third kappa shape index (κ3) is 10.6. The van der Waals surface area contributed by atoms with Crippen molar-refractivity contribution in [2.45, 2.75) is 67.2 Å². The molecule has 0 amide bonds. The molecular formula is C28H44N4O3. The highest BCUT2D eigenvalue weighted by atomic mass is 16.5. The molecule has 4 N–H and O–H groups in total. The number of hydrogen-bond donors (Lipinski definition) is 3. The zero-order valence-corrected chi connectivity index (χ0v) is 22.4. The van der Waals surface area contributed by atoms with E-state index < -0.39 is 11.6 Å². The van der Waals surface area contributed by atoms with Gasteiger partial charge in [-0.3, -0.25) is 14.6 Å². The number of nitrogens with zero attached hydrogens (tertiary/aromatic N) is 1. The number of nitrogens with two attached hydrogens (primary N) is 1. The third-order valence-electron chi connectivity index (χ3n) is 5.88. The van der Waals surface area contributed by atoms with Crippen LogP contribution in [0.5, 0.6) is 0 Å². The average molecular weight is 485 g/mol. The Morgan fingerprint density at radius 3 is 2.17 bits per heavy atom. The molecule has 1 aromatic rings. The minimum absolute atomic E-state index is 0.0679.